The maximum atomic E-state index is 12.0. The van der Waals surface area contributed by atoms with E-state index in [1.54, 1.807) is 12.3 Å². The largest absolute Gasteiger partial charge is 0.454 e. The molecule has 22 heavy (non-hydrogen) atoms. The van der Waals surface area contributed by atoms with Crippen LogP contribution in [0.5, 0.6) is 0 Å². The summed E-state index contributed by atoms with van der Waals surface area (Å²) in [6.07, 6.45) is 2.86. The SMILES string of the molecule is Cc1csc([C@@H](C#N)C(=O)COC(=O)c2cncc(Br)c2)n1. The van der Waals surface area contributed by atoms with Crippen LogP contribution in [-0.2, 0) is 9.53 Å². The van der Waals surface area contributed by atoms with E-state index < -0.39 is 24.3 Å². The number of pyridine rings is 1. The van der Waals surface area contributed by atoms with Crippen LogP contribution in [-0.4, -0.2) is 28.3 Å². The smallest absolute Gasteiger partial charge is 0.340 e. The van der Waals surface area contributed by atoms with Gasteiger partial charge in [-0.2, -0.15) is 5.26 Å². The van der Waals surface area contributed by atoms with Crippen molar-refractivity contribution in [2.24, 2.45) is 0 Å². The van der Waals surface area contributed by atoms with E-state index in [4.69, 9.17) is 10.00 Å². The summed E-state index contributed by atoms with van der Waals surface area (Å²) in [6.45, 7) is 1.29. The Morgan fingerprint density at radius 1 is 1.50 bits per heavy atom. The number of hydrogen-bond donors (Lipinski definition) is 0. The number of thiazole rings is 1. The minimum Gasteiger partial charge on any atom is -0.454 e. The van der Waals surface area contributed by atoms with Gasteiger partial charge in [-0.05, 0) is 28.9 Å². The molecule has 0 amide bonds. The molecule has 0 radical (unpaired) electrons. The molecular weight excluding hydrogens is 370 g/mol. The predicted molar refractivity (Wildman–Crippen MR) is 82.4 cm³/mol. The summed E-state index contributed by atoms with van der Waals surface area (Å²) in [5.74, 6) is -2.20. The first kappa shape index (κ1) is 16.3. The zero-order valence-electron chi connectivity index (χ0n) is 11.4. The Hall–Kier alpha value is -2.11. The molecule has 1 atom stereocenters. The summed E-state index contributed by atoms with van der Waals surface area (Å²) in [5.41, 5.74) is 0.964. The number of nitriles is 1. The molecule has 0 unspecified atom stereocenters. The highest BCUT2D eigenvalue weighted by Crippen LogP contribution is 2.21. The number of hydrogen-bond acceptors (Lipinski definition) is 7. The van der Waals surface area contributed by atoms with E-state index in [9.17, 15) is 9.59 Å². The molecule has 8 heteroatoms. The second-order valence-corrected chi connectivity index (χ2v) is 6.13. The van der Waals surface area contributed by atoms with Crippen LogP contribution < -0.4 is 0 Å². The zero-order chi connectivity index (χ0) is 16.1. The zero-order valence-corrected chi connectivity index (χ0v) is 13.8. The van der Waals surface area contributed by atoms with E-state index in [-0.39, 0.29) is 5.56 Å². The maximum absolute atomic E-state index is 12.0. The van der Waals surface area contributed by atoms with Crippen LogP contribution >= 0.6 is 27.3 Å². The van der Waals surface area contributed by atoms with Crippen molar-refractivity contribution in [1.29, 1.82) is 5.26 Å². The van der Waals surface area contributed by atoms with Crippen LogP contribution in [0, 0.1) is 18.3 Å². The highest BCUT2D eigenvalue weighted by atomic mass is 79.9. The molecule has 0 N–H and O–H groups in total. The fourth-order valence-electron chi connectivity index (χ4n) is 1.60. The van der Waals surface area contributed by atoms with Gasteiger partial charge in [-0.1, -0.05) is 0 Å². The van der Waals surface area contributed by atoms with Crippen molar-refractivity contribution in [1.82, 2.24) is 9.97 Å². The Bertz CT molecular complexity index is 754. The molecule has 0 aliphatic carbocycles. The van der Waals surface area contributed by atoms with Gasteiger partial charge in [-0.3, -0.25) is 9.78 Å². The summed E-state index contributed by atoms with van der Waals surface area (Å²) in [6, 6.07) is 3.42. The minimum absolute atomic E-state index is 0.223. The van der Waals surface area contributed by atoms with Crippen molar-refractivity contribution in [2.75, 3.05) is 6.61 Å². The molecule has 0 aromatic carbocycles. The fraction of sp³-hybridized carbons (Fsp3) is 0.214. The Kier molecular flexibility index (Phi) is 5.35. The molecule has 0 saturated heterocycles. The number of ketones is 1. The molecule has 2 aromatic rings. The van der Waals surface area contributed by atoms with Gasteiger partial charge in [0.1, 0.15) is 5.01 Å². The first-order valence-electron chi connectivity index (χ1n) is 6.13. The molecule has 0 fully saturated rings. The minimum atomic E-state index is -1.02. The number of aryl methyl sites for hydroxylation is 1. The molecule has 0 aliphatic heterocycles. The number of rotatable bonds is 5. The number of aromatic nitrogens is 2. The van der Waals surface area contributed by atoms with E-state index in [1.165, 1.54) is 29.8 Å². The van der Waals surface area contributed by atoms with E-state index in [0.29, 0.717) is 9.48 Å². The third-order valence-electron chi connectivity index (χ3n) is 2.62. The second kappa shape index (κ2) is 7.24. The van der Waals surface area contributed by atoms with E-state index >= 15 is 0 Å². The molecule has 6 nitrogen and oxygen atoms in total. The van der Waals surface area contributed by atoms with Crippen molar-refractivity contribution < 1.29 is 14.3 Å². The number of Topliss-reactive ketones (excluding diaryl/α,β-unsaturated/α-hetero) is 1. The normalized spacial score (nSPS) is 11.5. The van der Waals surface area contributed by atoms with Gasteiger partial charge in [0.2, 0.25) is 0 Å². The lowest BCUT2D eigenvalue weighted by Gasteiger charge is -2.06. The standard InChI is InChI=1S/C14H10BrN3O3S/c1-8-7-22-13(18-8)11(3-16)12(19)6-21-14(20)9-2-10(15)5-17-4-9/h2,4-5,7,11H,6H2,1H3/t11-/m0/s1. The Balaban J connectivity index is 2.00. The molecule has 2 aromatic heterocycles. The van der Waals surface area contributed by atoms with Gasteiger partial charge in [0, 0.05) is 27.9 Å². The van der Waals surface area contributed by atoms with Gasteiger partial charge in [0.05, 0.1) is 11.6 Å². The number of nitrogens with zero attached hydrogens (tertiary/aromatic N) is 3. The van der Waals surface area contributed by atoms with Crippen LogP contribution in [0.2, 0.25) is 0 Å². The number of carbonyl (C=O) groups is 2. The van der Waals surface area contributed by atoms with Crippen LogP contribution in [0.4, 0.5) is 0 Å². The van der Waals surface area contributed by atoms with Crippen LogP contribution in [0.3, 0.4) is 0 Å². The van der Waals surface area contributed by atoms with Gasteiger partial charge in [-0.25, -0.2) is 9.78 Å². The Labute approximate surface area is 138 Å². The van der Waals surface area contributed by atoms with Gasteiger partial charge in [-0.15, -0.1) is 11.3 Å². The fourth-order valence-corrected chi connectivity index (χ4v) is 2.82. The summed E-state index contributed by atoms with van der Waals surface area (Å²) in [7, 11) is 0. The van der Waals surface area contributed by atoms with Crippen LogP contribution in [0.15, 0.2) is 28.3 Å². The van der Waals surface area contributed by atoms with Crippen molar-refractivity contribution in [3.63, 3.8) is 0 Å². The third kappa shape index (κ3) is 3.96. The Morgan fingerprint density at radius 2 is 2.27 bits per heavy atom. The van der Waals surface area contributed by atoms with Crippen molar-refractivity contribution in [2.45, 2.75) is 12.8 Å². The Morgan fingerprint density at radius 3 is 2.86 bits per heavy atom. The summed E-state index contributed by atoms with van der Waals surface area (Å²) in [4.78, 5) is 31.8. The molecule has 2 rings (SSSR count). The summed E-state index contributed by atoms with van der Waals surface area (Å²) >= 11 is 4.42. The molecule has 2 heterocycles. The number of ether oxygens (including phenoxy) is 1. The first-order chi connectivity index (χ1) is 10.5. The molecule has 112 valence electrons. The van der Waals surface area contributed by atoms with Crippen LogP contribution in [0.25, 0.3) is 0 Å². The number of esters is 1. The lowest BCUT2D eigenvalue weighted by atomic mass is 10.1. The summed E-state index contributed by atoms with van der Waals surface area (Å²) < 4.78 is 5.56. The first-order valence-corrected chi connectivity index (χ1v) is 7.80. The highest BCUT2D eigenvalue weighted by Gasteiger charge is 2.24. The maximum Gasteiger partial charge on any atom is 0.340 e. The van der Waals surface area contributed by atoms with Crippen LogP contribution in [0.1, 0.15) is 27.0 Å². The molecule has 0 saturated carbocycles. The number of halogens is 1. The van der Waals surface area contributed by atoms with Gasteiger partial charge in [0.25, 0.3) is 0 Å². The van der Waals surface area contributed by atoms with Gasteiger partial charge >= 0.3 is 5.97 Å². The lowest BCUT2D eigenvalue weighted by Crippen LogP contribution is -2.20. The summed E-state index contributed by atoms with van der Waals surface area (Å²) in [5, 5.41) is 11.3. The van der Waals surface area contributed by atoms with E-state index in [2.05, 4.69) is 25.9 Å². The molecule has 0 bridgehead atoms. The number of carbonyl (C=O) groups excluding carboxylic acids is 2. The van der Waals surface area contributed by atoms with E-state index in [0.717, 1.165) is 5.69 Å². The monoisotopic (exact) mass is 379 g/mol. The average Bonchev–Trinajstić information content (AvgIpc) is 2.91. The highest BCUT2D eigenvalue weighted by molar-refractivity contribution is 9.10. The van der Waals surface area contributed by atoms with Crippen molar-refractivity contribution >= 4 is 39.0 Å². The van der Waals surface area contributed by atoms with Crippen molar-refractivity contribution in [3.8, 4) is 6.07 Å². The predicted octanol–water partition coefficient (Wildman–Crippen LogP) is 2.64. The van der Waals surface area contributed by atoms with E-state index in [1.807, 2.05) is 6.07 Å². The third-order valence-corrected chi connectivity index (χ3v) is 4.08. The average molecular weight is 380 g/mol. The molecular formula is C14H10BrN3O3S. The van der Waals surface area contributed by atoms with Crippen molar-refractivity contribution in [3.05, 3.63) is 44.6 Å². The topological polar surface area (TPSA) is 92.9 Å². The van der Waals surface area contributed by atoms with Gasteiger partial charge < -0.3 is 4.74 Å². The quantitative estimate of drug-likeness (QED) is 0.741. The molecule has 0 spiro atoms. The molecule has 0 aliphatic rings. The second-order valence-electron chi connectivity index (χ2n) is 4.32. The van der Waals surface area contributed by atoms with Gasteiger partial charge in [0.15, 0.2) is 18.3 Å². The lowest BCUT2D eigenvalue weighted by molar-refractivity contribution is -0.122.